The molecule has 0 aliphatic carbocycles. The SMILES string of the molecule is CN(CCBr)Cc1ccc(Br)cc1F. The molecule has 0 heterocycles. The smallest absolute Gasteiger partial charge is 0.128 e. The van der Waals surface area contributed by atoms with E-state index in [1.54, 1.807) is 0 Å². The first-order chi connectivity index (χ1) is 6.63. The van der Waals surface area contributed by atoms with Crippen LogP contribution in [0.15, 0.2) is 22.7 Å². The zero-order valence-electron chi connectivity index (χ0n) is 7.93. The van der Waals surface area contributed by atoms with E-state index in [2.05, 4.69) is 36.8 Å². The van der Waals surface area contributed by atoms with Gasteiger partial charge in [-0.1, -0.05) is 37.9 Å². The normalized spacial score (nSPS) is 10.9. The van der Waals surface area contributed by atoms with Crippen molar-refractivity contribution in [2.75, 3.05) is 18.9 Å². The van der Waals surface area contributed by atoms with Crippen molar-refractivity contribution >= 4 is 31.9 Å². The Bertz CT molecular complexity index is 304. The number of halogens is 3. The molecule has 0 radical (unpaired) electrons. The molecule has 0 saturated carbocycles. The molecule has 0 fully saturated rings. The topological polar surface area (TPSA) is 3.24 Å². The lowest BCUT2D eigenvalue weighted by molar-refractivity contribution is 0.343. The molecule has 1 aromatic rings. The van der Waals surface area contributed by atoms with Crippen molar-refractivity contribution in [2.24, 2.45) is 0 Å². The number of hydrogen-bond acceptors (Lipinski definition) is 1. The molecule has 0 bridgehead atoms. The standard InChI is InChI=1S/C10H12Br2FN/c1-14(5-4-11)7-8-2-3-9(12)6-10(8)13/h2-3,6H,4-5,7H2,1H3. The summed E-state index contributed by atoms with van der Waals surface area (Å²) in [6, 6.07) is 5.17. The molecule has 1 aromatic carbocycles. The summed E-state index contributed by atoms with van der Waals surface area (Å²) in [5.74, 6) is -0.152. The van der Waals surface area contributed by atoms with Crippen molar-refractivity contribution in [1.82, 2.24) is 4.90 Å². The largest absolute Gasteiger partial charge is 0.301 e. The highest BCUT2D eigenvalue weighted by atomic mass is 79.9. The highest BCUT2D eigenvalue weighted by Crippen LogP contribution is 2.16. The summed E-state index contributed by atoms with van der Waals surface area (Å²) in [6.45, 7) is 1.56. The highest BCUT2D eigenvalue weighted by molar-refractivity contribution is 9.10. The third-order valence-electron chi connectivity index (χ3n) is 1.92. The van der Waals surface area contributed by atoms with E-state index in [0.29, 0.717) is 6.54 Å². The van der Waals surface area contributed by atoms with Gasteiger partial charge in [0.25, 0.3) is 0 Å². The molecule has 1 rings (SSSR count). The minimum Gasteiger partial charge on any atom is -0.301 e. The van der Waals surface area contributed by atoms with Crippen LogP contribution < -0.4 is 0 Å². The second-order valence-electron chi connectivity index (χ2n) is 3.16. The first kappa shape index (κ1) is 12.1. The fraction of sp³-hybridized carbons (Fsp3) is 0.400. The molecule has 0 aliphatic rings. The Labute approximate surface area is 101 Å². The zero-order chi connectivity index (χ0) is 10.6. The molecule has 0 unspecified atom stereocenters. The van der Waals surface area contributed by atoms with Gasteiger partial charge in [0.2, 0.25) is 0 Å². The number of alkyl halides is 1. The van der Waals surface area contributed by atoms with Gasteiger partial charge in [0.1, 0.15) is 5.82 Å². The van der Waals surface area contributed by atoms with Crippen molar-refractivity contribution in [3.63, 3.8) is 0 Å². The van der Waals surface area contributed by atoms with E-state index >= 15 is 0 Å². The maximum atomic E-state index is 13.4. The second kappa shape index (κ2) is 5.83. The molecule has 0 spiro atoms. The minimum absolute atomic E-state index is 0.152. The van der Waals surface area contributed by atoms with E-state index in [9.17, 15) is 4.39 Å². The van der Waals surface area contributed by atoms with Gasteiger partial charge < -0.3 is 4.90 Å². The van der Waals surface area contributed by atoms with Crippen LogP contribution in [-0.4, -0.2) is 23.8 Å². The van der Waals surface area contributed by atoms with Gasteiger partial charge in [-0.25, -0.2) is 4.39 Å². The maximum absolute atomic E-state index is 13.4. The molecule has 0 saturated heterocycles. The van der Waals surface area contributed by atoms with Gasteiger partial charge in [0.15, 0.2) is 0 Å². The molecule has 0 atom stereocenters. The van der Waals surface area contributed by atoms with Crippen LogP contribution in [0.1, 0.15) is 5.56 Å². The predicted octanol–water partition coefficient (Wildman–Crippen LogP) is 3.41. The van der Waals surface area contributed by atoms with Crippen LogP contribution in [0.5, 0.6) is 0 Å². The molecule has 78 valence electrons. The number of rotatable bonds is 4. The lowest BCUT2D eigenvalue weighted by Crippen LogP contribution is -2.20. The van der Waals surface area contributed by atoms with Crippen molar-refractivity contribution in [2.45, 2.75) is 6.54 Å². The average Bonchev–Trinajstić information content (AvgIpc) is 2.10. The quantitative estimate of drug-likeness (QED) is 0.767. The molecular weight excluding hydrogens is 313 g/mol. The third-order valence-corrected chi connectivity index (χ3v) is 2.77. The monoisotopic (exact) mass is 323 g/mol. The van der Waals surface area contributed by atoms with E-state index in [1.807, 2.05) is 19.2 Å². The first-order valence-electron chi connectivity index (χ1n) is 4.32. The van der Waals surface area contributed by atoms with Gasteiger partial charge >= 0.3 is 0 Å². The van der Waals surface area contributed by atoms with Crippen LogP contribution in [-0.2, 0) is 6.54 Å². The van der Waals surface area contributed by atoms with E-state index in [-0.39, 0.29) is 5.82 Å². The van der Waals surface area contributed by atoms with Crippen molar-refractivity contribution < 1.29 is 4.39 Å². The Balaban J connectivity index is 2.67. The maximum Gasteiger partial charge on any atom is 0.128 e. The second-order valence-corrected chi connectivity index (χ2v) is 4.87. The Hall–Kier alpha value is 0.0700. The summed E-state index contributed by atoms with van der Waals surface area (Å²) in [5.41, 5.74) is 0.733. The summed E-state index contributed by atoms with van der Waals surface area (Å²) in [5, 5.41) is 0.904. The molecule has 0 aromatic heterocycles. The summed E-state index contributed by atoms with van der Waals surface area (Å²) < 4.78 is 14.2. The highest BCUT2D eigenvalue weighted by Gasteiger charge is 2.05. The van der Waals surface area contributed by atoms with Gasteiger partial charge in [0, 0.05) is 28.5 Å². The van der Waals surface area contributed by atoms with Gasteiger partial charge in [-0.2, -0.15) is 0 Å². The molecule has 0 amide bonds. The van der Waals surface area contributed by atoms with Crippen LogP contribution in [0.4, 0.5) is 4.39 Å². The molecular formula is C10H12Br2FN. The number of benzene rings is 1. The van der Waals surface area contributed by atoms with Crippen molar-refractivity contribution in [3.05, 3.63) is 34.1 Å². The van der Waals surface area contributed by atoms with Gasteiger partial charge in [-0.3, -0.25) is 0 Å². The van der Waals surface area contributed by atoms with Crippen LogP contribution >= 0.6 is 31.9 Å². The lowest BCUT2D eigenvalue weighted by Gasteiger charge is -2.15. The first-order valence-corrected chi connectivity index (χ1v) is 6.23. The molecule has 0 aliphatic heterocycles. The fourth-order valence-corrected chi connectivity index (χ4v) is 2.10. The van der Waals surface area contributed by atoms with Crippen molar-refractivity contribution in [3.8, 4) is 0 Å². The van der Waals surface area contributed by atoms with E-state index in [1.165, 1.54) is 6.07 Å². The van der Waals surface area contributed by atoms with E-state index in [4.69, 9.17) is 0 Å². The Kier molecular flexibility index (Phi) is 5.06. The summed E-state index contributed by atoms with van der Waals surface area (Å²) in [6.07, 6.45) is 0. The predicted molar refractivity (Wildman–Crippen MR) is 64.2 cm³/mol. The summed E-state index contributed by atoms with van der Waals surface area (Å²) in [4.78, 5) is 2.07. The Morgan fingerprint density at radius 3 is 2.71 bits per heavy atom. The van der Waals surface area contributed by atoms with Gasteiger partial charge in [-0.15, -0.1) is 0 Å². The van der Waals surface area contributed by atoms with Gasteiger partial charge in [-0.05, 0) is 19.2 Å². The fourth-order valence-electron chi connectivity index (χ4n) is 1.16. The van der Waals surface area contributed by atoms with Crippen molar-refractivity contribution in [1.29, 1.82) is 0 Å². The Morgan fingerprint density at radius 2 is 2.14 bits per heavy atom. The number of nitrogens with zero attached hydrogens (tertiary/aromatic N) is 1. The van der Waals surface area contributed by atoms with Crippen LogP contribution in [0.2, 0.25) is 0 Å². The Morgan fingerprint density at radius 1 is 1.43 bits per heavy atom. The molecule has 4 heteroatoms. The van der Waals surface area contributed by atoms with Gasteiger partial charge in [0.05, 0.1) is 0 Å². The number of hydrogen-bond donors (Lipinski definition) is 0. The lowest BCUT2D eigenvalue weighted by atomic mass is 10.2. The van der Waals surface area contributed by atoms with Crippen LogP contribution in [0, 0.1) is 5.82 Å². The van der Waals surface area contributed by atoms with Crippen LogP contribution in [0.25, 0.3) is 0 Å². The molecule has 1 nitrogen and oxygen atoms in total. The molecule has 0 N–H and O–H groups in total. The van der Waals surface area contributed by atoms with E-state index in [0.717, 1.165) is 21.9 Å². The average molecular weight is 325 g/mol. The van der Waals surface area contributed by atoms with E-state index < -0.39 is 0 Å². The summed E-state index contributed by atoms with van der Waals surface area (Å²) >= 11 is 6.58. The molecule has 14 heavy (non-hydrogen) atoms. The third kappa shape index (κ3) is 3.67. The minimum atomic E-state index is -0.152. The zero-order valence-corrected chi connectivity index (χ0v) is 11.1. The van der Waals surface area contributed by atoms with Crippen LogP contribution in [0.3, 0.4) is 0 Å². The summed E-state index contributed by atoms with van der Waals surface area (Å²) in [7, 11) is 1.97.